The number of halogens is 2. The van der Waals surface area contributed by atoms with Crippen LogP contribution < -0.4 is 10.2 Å². The van der Waals surface area contributed by atoms with Crippen molar-refractivity contribution in [3.8, 4) is 0 Å². The maximum atomic E-state index is 13.8. The zero-order valence-electron chi connectivity index (χ0n) is 14.8. The Morgan fingerprint density at radius 2 is 2.18 bits per heavy atom. The number of furan rings is 1. The average Bonchev–Trinajstić information content (AvgIpc) is 3.34. The lowest BCUT2D eigenvalue weighted by Gasteiger charge is -2.16. The van der Waals surface area contributed by atoms with Crippen LogP contribution in [0.25, 0.3) is 0 Å². The first kappa shape index (κ1) is 18.3. The highest BCUT2D eigenvalue weighted by Gasteiger charge is 2.28. The summed E-state index contributed by atoms with van der Waals surface area (Å²) in [6, 6.07) is 3.55. The lowest BCUT2D eigenvalue weighted by Crippen LogP contribution is -2.30. The van der Waals surface area contributed by atoms with Gasteiger partial charge in [0.15, 0.2) is 5.13 Å². The van der Waals surface area contributed by atoms with Crippen LogP contribution in [0, 0.1) is 18.6 Å². The molecule has 3 heterocycles. The predicted octanol–water partition coefficient (Wildman–Crippen LogP) is 3.71. The Hall–Kier alpha value is -3.07. The predicted molar refractivity (Wildman–Crippen MR) is 99.6 cm³/mol. The van der Waals surface area contributed by atoms with Crippen molar-refractivity contribution in [1.82, 2.24) is 4.98 Å². The highest BCUT2D eigenvalue weighted by atomic mass is 32.1. The van der Waals surface area contributed by atoms with E-state index in [0.29, 0.717) is 40.7 Å². The Kier molecular flexibility index (Phi) is 4.68. The largest absolute Gasteiger partial charge is 0.469 e. The third-order valence-electron chi connectivity index (χ3n) is 4.52. The van der Waals surface area contributed by atoms with Gasteiger partial charge in [0.25, 0.3) is 5.91 Å². The molecule has 0 radical (unpaired) electrons. The van der Waals surface area contributed by atoms with Crippen molar-refractivity contribution < 1.29 is 22.8 Å². The molecule has 0 aliphatic carbocycles. The normalized spacial score (nSPS) is 12.9. The molecule has 2 aromatic heterocycles. The van der Waals surface area contributed by atoms with Crippen LogP contribution in [0.2, 0.25) is 0 Å². The quantitative estimate of drug-likeness (QED) is 0.721. The van der Waals surface area contributed by atoms with E-state index >= 15 is 0 Å². The molecular formula is C19H15F2N3O3S. The topological polar surface area (TPSA) is 75.4 Å². The van der Waals surface area contributed by atoms with Crippen LogP contribution in [0.5, 0.6) is 0 Å². The Morgan fingerprint density at radius 3 is 2.93 bits per heavy atom. The molecule has 0 saturated heterocycles. The number of thiazole rings is 1. The third kappa shape index (κ3) is 3.40. The fourth-order valence-corrected chi connectivity index (χ4v) is 3.87. The number of fused-ring (bicyclic) bond motifs is 1. The molecule has 0 fully saturated rings. The second kappa shape index (κ2) is 7.16. The summed E-state index contributed by atoms with van der Waals surface area (Å²) in [6.45, 7) is 1.97. The van der Waals surface area contributed by atoms with E-state index in [1.54, 1.807) is 18.4 Å². The molecule has 28 heavy (non-hydrogen) atoms. The summed E-state index contributed by atoms with van der Waals surface area (Å²) in [7, 11) is 0. The van der Waals surface area contributed by atoms with Crippen LogP contribution in [0.1, 0.15) is 27.4 Å². The third-order valence-corrected chi connectivity index (χ3v) is 5.33. The molecule has 0 bridgehead atoms. The van der Waals surface area contributed by atoms with Crippen molar-refractivity contribution in [2.45, 2.75) is 19.8 Å². The summed E-state index contributed by atoms with van der Waals surface area (Å²) in [6.07, 6.45) is 1.74. The van der Waals surface area contributed by atoms with Crippen LogP contribution in [0.3, 0.4) is 0 Å². The van der Waals surface area contributed by atoms with Gasteiger partial charge < -0.3 is 9.32 Å². The van der Waals surface area contributed by atoms with Gasteiger partial charge in [0.05, 0.1) is 29.6 Å². The number of aromatic nitrogens is 1. The van der Waals surface area contributed by atoms with Crippen LogP contribution in [0.15, 0.2) is 34.3 Å². The molecule has 9 heteroatoms. The lowest BCUT2D eigenvalue weighted by molar-refractivity contribution is -0.117. The molecular weight excluding hydrogens is 388 g/mol. The molecule has 0 saturated carbocycles. The van der Waals surface area contributed by atoms with Gasteiger partial charge in [0, 0.05) is 23.6 Å². The van der Waals surface area contributed by atoms with Gasteiger partial charge in [0.1, 0.15) is 17.4 Å². The number of nitrogens with zero attached hydrogens (tertiary/aromatic N) is 2. The number of rotatable bonds is 4. The van der Waals surface area contributed by atoms with E-state index in [4.69, 9.17) is 4.42 Å². The molecule has 144 valence electrons. The number of nitrogens with one attached hydrogen (secondary N) is 1. The zero-order valence-corrected chi connectivity index (χ0v) is 15.6. The first-order valence-electron chi connectivity index (χ1n) is 8.50. The number of hydrogen-bond acceptors (Lipinski definition) is 5. The van der Waals surface area contributed by atoms with Gasteiger partial charge in [-0.2, -0.15) is 0 Å². The van der Waals surface area contributed by atoms with Gasteiger partial charge in [-0.15, -0.1) is 11.3 Å². The number of benzene rings is 1. The van der Waals surface area contributed by atoms with E-state index in [1.165, 1.54) is 28.6 Å². The van der Waals surface area contributed by atoms with Gasteiger partial charge in [-0.25, -0.2) is 13.8 Å². The Morgan fingerprint density at radius 1 is 1.36 bits per heavy atom. The standard InChI is InChI=1S/C19H15F2N3O3S/c1-10-13(3-5-27-10)18(26)23-19-22-12(9-28-19)8-17(25)24-4-2-14-15(21)6-11(20)7-16(14)24/h3,5-7,9H,2,4,8H2,1H3,(H,22,23,26). The van der Waals surface area contributed by atoms with E-state index in [0.717, 1.165) is 6.07 Å². The zero-order chi connectivity index (χ0) is 19.8. The van der Waals surface area contributed by atoms with Crippen molar-refractivity contribution >= 4 is 34.0 Å². The minimum Gasteiger partial charge on any atom is -0.469 e. The highest BCUT2D eigenvalue weighted by molar-refractivity contribution is 7.14. The van der Waals surface area contributed by atoms with E-state index in [-0.39, 0.29) is 23.9 Å². The van der Waals surface area contributed by atoms with Crippen molar-refractivity contribution in [3.63, 3.8) is 0 Å². The Balaban J connectivity index is 1.45. The molecule has 1 N–H and O–H groups in total. The molecule has 3 aromatic rings. The number of aryl methyl sites for hydroxylation is 1. The smallest absolute Gasteiger partial charge is 0.260 e. The number of carbonyl (C=O) groups is 2. The molecule has 0 unspecified atom stereocenters. The van der Waals surface area contributed by atoms with Gasteiger partial charge >= 0.3 is 0 Å². The van der Waals surface area contributed by atoms with E-state index in [2.05, 4.69) is 10.3 Å². The van der Waals surface area contributed by atoms with Crippen molar-refractivity contribution in [3.05, 3.63) is 64.1 Å². The van der Waals surface area contributed by atoms with Crippen molar-refractivity contribution in [2.75, 3.05) is 16.8 Å². The first-order valence-corrected chi connectivity index (χ1v) is 9.38. The maximum Gasteiger partial charge on any atom is 0.260 e. The van der Waals surface area contributed by atoms with Gasteiger partial charge in [0.2, 0.25) is 5.91 Å². The SMILES string of the molecule is Cc1occc1C(=O)Nc1nc(CC(=O)N2CCc3c(F)cc(F)cc32)cs1. The van der Waals surface area contributed by atoms with Crippen LogP contribution in [-0.2, 0) is 17.6 Å². The summed E-state index contributed by atoms with van der Waals surface area (Å²) in [5.41, 5.74) is 1.49. The van der Waals surface area contributed by atoms with Crippen molar-refractivity contribution in [1.29, 1.82) is 0 Å². The molecule has 1 aliphatic rings. The van der Waals surface area contributed by atoms with Crippen LogP contribution in [-0.4, -0.2) is 23.3 Å². The average molecular weight is 403 g/mol. The summed E-state index contributed by atoms with van der Waals surface area (Å²) in [4.78, 5) is 30.4. The Bertz CT molecular complexity index is 1080. The van der Waals surface area contributed by atoms with Gasteiger partial charge in [-0.05, 0) is 25.5 Å². The summed E-state index contributed by atoms with van der Waals surface area (Å²) >= 11 is 1.19. The second-order valence-corrected chi connectivity index (χ2v) is 7.20. The Labute approximate surface area is 162 Å². The monoisotopic (exact) mass is 403 g/mol. The first-order chi connectivity index (χ1) is 13.4. The van der Waals surface area contributed by atoms with Crippen LogP contribution >= 0.6 is 11.3 Å². The van der Waals surface area contributed by atoms with Gasteiger partial charge in [-0.3, -0.25) is 14.9 Å². The number of anilines is 2. The molecule has 1 aromatic carbocycles. The highest BCUT2D eigenvalue weighted by Crippen LogP contribution is 2.31. The van der Waals surface area contributed by atoms with E-state index in [9.17, 15) is 18.4 Å². The lowest BCUT2D eigenvalue weighted by atomic mass is 10.1. The number of carbonyl (C=O) groups excluding carboxylic acids is 2. The van der Waals surface area contributed by atoms with Gasteiger partial charge in [-0.1, -0.05) is 0 Å². The maximum absolute atomic E-state index is 13.8. The fourth-order valence-electron chi connectivity index (χ4n) is 3.16. The summed E-state index contributed by atoms with van der Waals surface area (Å²) in [5.74, 6) is -1.52. The minimum atomic E-state index is -0.718. The van der Waals surface area contributed by atoms with E-state index < -0.39 is 11.6 Å². The number of amides is 2. The molecule has 1 aliphatic heterocycles. The molecule has 0 spiro atoms. The summed E-state index contributed by atoms with van der Waals surface area (Å²) in [5, 5.41) is 4.68. The molecule has 6 nitrogen and oxygen atoms in total. The van der Waals surface area contributed by atoms with Crippen LogP contribution in [0.4, 0.5) is 19.6 Å². The molecule has 0 atom stereocenters. The number of hydrogen-bond donors (Lipinski definition) is 1. The summed E-state index contributed by atoms with van der Waals surface area (Å²) < 4.78 is 32.5. The van der Waals surface area contributed by atoms with Crippen molar-refractivity contribution in [2.24, 2.45) is 0 Å². The fraction of sp³-hybridized carbons (Fsp3) is 0.211. The van der Waals surface area contributed by atoms with E-state index in [1.807, 2.05) is 0 Å². The second-order valence-electron chi connectivity index (χ2n) is 6.35. The molecule has 4 rings (SSSR count). The minimum absolute atomic E-state index is 0.0331. The molecule has 2 amide bonds.